The molecule has 6 rings (SSSR count). The number of rotatable bonds is 8. The largest absolute Gasteiger partial charge is 0.444 e. The van der Waals surface area contributed by atoms with Crippen LogP contribution < -0.4 is 10.6 Å². The monoisotopic (exact) mass is 586 g/mol. The van der Waals surface area contributed by atoms with Gasteiger partial charge in [-0.1, -0.05) is 24.3 Å². The van der Waals surface area contributed by atoms with Crippen molar-refractivity contribution < 1.29 is 14.3 Å². The van der Waals surface area contributed by atoms with Crippen molar-refractivity contribution >= 4 is 29.0 Å². The number of carbonyl (C=O) groups excluding carboxylic acids is 2. The summed E-state index contributed by atoms with van der Waals surface area (Å²) in [5, 5.41) is 6.86. The second-order valence-electron chi connectivity index (χ2n) is 13.1. The van der Waals surface area contributed by atoms with Crippen molar-refractivity contribution in [2.45, 2.75) is 77.1 Å². The van der Waals surface area contributed by atoms with E-state index in [-0.39, 0.29) is 23.6 Å². The van der Waals surface area contributed by atoms with Crippen LogP contribution in [0, 0.1) is 6.92 Å². The summed E-state index contributed by atoms with van der Waals surface area (Å²) < 4.78 is 5.46. The van der Waals surface area contributed by atoms with Gasteiger partial charge in [0.2, 0.25) is 0 Å². The molecule has 0 radical (unpaired) electrons. The lowest BCUT2D eigenvalue weighted by molar-refractivity contribution is 0.0105. The summed E-state index contributed by atoms with van der Waals surface area (Å²) in [6.45, 7) is 12.2. The van der Waals surface area contributed by atoms with Gasteiger partial charge >= 0.3 is 6.09 Å². The lowest BCUT2D eigenvalue weighted by atomic mass is 9.99. The number of hydrogen-bond acceptors (Lipinski definition) is 6. The highest BCUT2D eigenvalue weighted by Crippen LogP contribution is 2.47. The zero-order valence-corrected chi connectivity index (χ0v) is 26.0. The second-order valence-corrected chi connectivity index (χ2v) is 14.3. The van der Waals surface area contributed by atoms with Crippen molar-refractivity contribution in [3.05, 3.63) is 76.2 Å². The Morgan fingerprint density at radius 1 is 1.02 bits per heavy atom. The maximum absolute atomic E-state index is 13.6. The van der Waals surface area contributed by atoms with Crippen LogP contribution >= 0.6 is 11.3 Å². The van der Waals surface area contributed by atoms with Gasteiger partial charge in [-0.3, -0.25) is 9.69 Å². The lowest BCUT2D eigenvalue weighted by Crippen LogP contribution is -2.57. The van der Waals surface area contributed by atoms with Crippen molar-refractivity contribution in [3.8, 4) is 10.4 Å². The molecule has 42 heavy (non-hydrogen) atoms. The number of anilines is 1. The quantitative estimate of drug-likeness (QED) is 0.305. The molecule has 2 N–H and O–H groups in total. The van der Waals surface area contributed by atoms with Gasteiger partial charge < -0.3 is 20.3 Å². The fraction of sp³-hybridized carbons (Fsp3) is 0.471. The number of amides is 2. The van der Waals surface area contributed by atoms with Gasteiger partial charge in [-0.2, -0.15) is 0 Å². The first-order valence-electron chi connectivity index (χ1n) is 15.2. The van der Waals surface area contributed by atoms with Crippen LogP contribution in [0.15, 0.2) is 54.6 Å². The molecule has 0 bridgehead atoms. The van der Waals surface area contributed by atoms with Crippen molar-refractivity contribution in [3.63, 3.8) is 0 Å². The molecule has 0 unspecified atom stereocenters. The number of thiophene rings is 1. The summed E-state index contributed by atoms with van der Waals surface area (Å²) >= 11 is 1.88. The molecule has 3 aromatic rings. The van der Waals surface area contributed by atoms with Gasteiger partial charge in [-0.25, -0.2) is 4.79 Å². The first-order chi connectivity index (χ1) is 20.1. The number of nitrogens with zero attached hydrogens (tertiary/aromatic N) is 2. The molecule has 2 saturated heterocycles. The van der Waals surface area contributed by atoms with Crippen molar-refractivity contribution in [1.29, 1.82) is 0 Å². The highest BCUT2D eigenvalue weighted by atomic mass is 32.1. The zero-order chi connectivity index (χ0) is 29.5. The highest BCUT2D eigenvalue weighted by molar-refractivity contribution is 7.15. The topological polar surface area (TPSA) is 73.9 Å². The van der Waals surface area contributed by atoms with E-state index in [1.807, 2.05) is 57.2 Å². The predicted molar refractivity (Wildman–Crippen MR) is 169 cm³/mol. The van der Waals surface area contributed by atoms with E-state index < -0.39 is 5.60 Å². The molecule has 222 valence electrons. The molecule has 3 heterocycles. The maximum Gasteiger partial charge on any atom is 0.410 e. The van der Waals surface area contributed by atoms with E-state index in [9.17, 15) is 9.59 Å². The standard InChI is InChI=1S/C34H42N4O3S/c1-23-10-11-26(35-27-20-38(21-27)32(40)41-33(2,3)4)19-29(23)31(39)36-34(14-15-34)25-9-7-8-24(18-25)30-13-12-28(42-30)22-37-16-5-6-17-37/h7-13,18-19,27,35H,5-6,14-17,20-22H2,1-4H3,(H,36,39). The number of carbonyl (C=O) groups is 2. The Labute approximate surface area is 253 Å². The third-order valence-electron chi connectivity index (χ3n) is 8.43. The Bertz CT molecular complexity index is 1460. The van der Waals surface area contributed by atoms with Gasteiger partial charge in [-0.05, 0) is 113 Å². The smallest absolute Gasteiger partial charge is 0.410 e. The van der Waals surface area contributed by atoms with Crippen LogP contribution in [0.3, 0.4) is 0 Å². The van der Waals surface area contributed by atoms with Crippen LogP contribution in [-0.4, -0.2) is 59.6 Å². The first kappa shape index (κ1) is 28.7. The number of aryl methyl sites for hydroxylation is 1. The van der Waals surface area contributed by atoms with Gasteiger partial charge in [0, 0.05) is 40.6 Å². The minimum Gasteiger partial charge on any atom is -0.444 e. The summed E-state index contributed by atoms with van der Waals surface area (Å²) in [6.07, 6.45) is 4.20. The van der Waals surface area contributed by atoms with Crippen LogP contribution in [0.4, 0.5) is 10.5 Å². The van der Waals surface area contributed by atoms with Crippen molar-refractivity contribution in [2.75, 3.05) is 31.5 Å². The summed E-state index contributed by atoms with van der Waals surface area (Å²) in [5.74, 6) is -0.0490. The Kier molecular flexibility index (Phi) is 7.79. The van der Waals surface area contributed by atoms with Gasteiger partial charge in [-0.15, -0.1) is 11.3 Å². The first-order valence-corrected chi connectivity index (χ1v) is 16.0. The predicted octanol–water partition coefficient (Wildman–Crippen LogP) is 6.77. The minimum atomic E-state index is -0.504. The fourth-order valence-electron chi connectivity index (χ4n) is 5.88. The molecule has 2 aromatic carbocycles. The SMILES string of the molecule is Cc1ccc(NC2CN(C(=O)OC(C)(C)C)C2)cc1C(=O)NC1(c2cccc(-c3ccc(CN4CCCC4)s3)c2)CC1. The molecular weight excluding hydrogens is 544 g/mol. The Balaban J connectivity index is 1.09. The van der Waals surface area contributed by atoms with Crippen LogP contribution in [-0.2, 0) is 16.8 Å². The van der Waals surface area contributed by atoms with Gasteiger partial charge in [0.15, 0.2) is 0 Å². The number of benzene rings is 2. The summed E-state index contributed by atoms with van der Waals surface area (Å²) in [4.78, 5) is 32.8. The molecule has 1 aliphatic carbocycles. The Hall–Kier alpha value is -3.36. The molecule has 1 saturated carbocycles. The van der Waals surface area contributed by atoms with E-state index in [4.69, 9.17) is 4.74 Å². The highest BCUT2D eigenvalue weighted by Gasteiger charge is 2.46. The molecule has 7 nitrogen and oxygen atoms in total. The molecule has 3 aliphatic rings. The third kappa shape index (κ3) is 6.50. The van der Waals surface area contributed by atoms with Crippen LogP contribution in [0.5, 0.6) is 0 Å². The summed E-state index contributed by atoms with van der Waals surface area (Å²) in [5.41, 5.74) is 4.07. The normalized spacial score (nSPS) is 18.4. The maximum atomic E-state index is 13.6. The van der Waals surface area contributed by atoms with E-state index in [1.54, 1.807) is 4.90 Å². The van der Waals surface area contributed by atoms with E-state index in [1.165, 1.54) is 46.8 Å². The van der Waals surface area contributed by atoms with Crippen LogP contribution in [0.25, 0.3) is 10.4 Å². The molecule has 1 aromatic heterocycles. The van der Waals surface area contributed by atoms with Crippen LogP contribution in [0.1, 0.15) is 72.8 Å². The molecule has 2 amide bonds. The van der Waals surface area contributed by atoms with Gasteiger partial charge in [0.1, 0.15) is 5.60 Å². The number of likely N-dealkylation sites (tertiary alicyclic amines) is 2. The number of ether oxygens (including phenoxy) is 1. The molecule has 0 atom stereocenters. The third-order valence-corrected chi connectivity index (χ3v) is 9.55. The van der Waals surface area contributed by atoms with E-state index in [0.717, 1.165) is 30.6 Å². The second kappa shape index (κ2) is 11.4. The molecule has 3 fully saturated rings. The van der Waals surface area contributed by atoms with Gasteiger partial charge in [0.05, 0.1) is 11.6 Å². The van der Waals surface area contributed by atoms with E-state index >= 15 is 0 Å². The molecule has 2 aliphatic heterocycles. The Morgan fingerprint density at radius 2 is 1.79 bits per heavy atom. The van der Waals surface area contributed by atoms with Gasteiger partial charge in [0.25, 0.3) is 5.91 Å². The zero-order valence-electron chi connectivity index (χ0n) is 25.2. The number of nitrogens with one attached hydrogen (secondary N) is 2. The minimum absolute atomic E-state index is 0.0490. The molecule has 0 spiro atoms. The number of hydrogen-bond donors (Lipinski definition) is 2. The van der Waals surface area contributed by atoms with Crippen molar-refractivity contribution in [1.82, 2.24) is 15.1 Å². The molecular formula is C34H42N4O3S. The van der Waals surface area contributed by atoms with E-state index in [0.29, 0.717) is 18.7 Å². The average molecular weight is 587 g/mol. The summed E-state index contributed by atoms with van der Waals surface area (Å²) in [6, 6.07) is 19.2. The molecule has 8 heteroatoms. The average Bonchev–Trinajstić information content (AvgIpc) is 3.28. The summed E-state index contributed by atoms with van der Waals surface area (Å²) in [7, 11) is 0. The fourth-order valence-corrected chi connectivity index (χ4v) is 6.93. The Morgan fingerprint density at radius 3 is 2.50 bits per heavy atom. The van der Waals surface area contributed by atoms with Crippen LogP contribution in [0.2, 0.25) is 0 Å². The van der Waals surface area contributed by atoms with Crippen molar-refractivity contribution in [2.24, 2.45) is 0 Å². The van der Waals surface area contributed by atoms with E-state index in [2.05, 4.69) is 51.9 Å². The lowest BCUT2D eigenvalue weighted by Gasteiger charge is -2.40.